The monoisotopic (exact) mass is 198 g/mol. The lowest BCUT2D eigenvalue weighted by atomic mass is 9.81. The molecule has 0 fully saturated rings. The van der Waals surface area contributed by atoms with Crippen molar-refractivity contribution in [3.8, 4) is 0 Å². The van der Waals surface area contributed by atoms with Crippen molar-refractivity contribution in [3.05, 3.63) is 23.8 Å². The van der Waals surface area contributed by atoms with E-state index in [1.807, 2.05) is 0 Å². The minimum Gasteiger partial charge on any atom is -0.114 e. The van der Waals surface area contributed by atoms with Gasteiger partial charge >= 0.3 is 0 Å². The SMILES string of the molecule is CC(C)C1=CC=CC(Cl)(C(C)C)C1. The molecule has 0 saturated heterocycles. The molecule has 1 aliphatic rings. The molecule has 1 rings (SSSR count). The third-order valence-corrected chi connectivity index (χ3v) is 3.56. The maximum absolute atomic E-state index is 6.52. The molecule has 0 radical (unpaired) electrons. The van der Waals surface area contributed by atoms with Gasteiger partial charge in [-0.05, 0) is 18.3 Å². The Morgan fingerprint density at radius 1 is 1.31 bits per heavy atom. The van der Waals surface area contributed by atoms with Crippen LogP contribution in [-0.4, -0.2) is 4.87 Å². The number of hydrogen-bond acceptors (Lipinski definition) is 0. The van der Waals surface area contributed by atoms with Crippen LogP contribution in [0.3, 0.4) is 0 Å². The van der Waals surface area contributed by atoms with Gasteiger partial charge < -0.3 is 0 Å². The Morgan fingerprint density at radius 3 is 2.38 bits per heavy atom. The van der Waals surface area contributed by atoms with Crippen LogP contribution in [0, 0.1) is 11.8 Å². The molecule has 0 bridgehead atoms. The topological polar surface area (TPSA) is 0 Å². The molecule has 13 heavy (non-hydrogen) atoms. The van der Waals surface area contributed by atoms with Crippen LogP contribution < -0.4 is 0 Å². The Balaban J connectivity index is 2.80. The third-order valence-electron chi connectivity index (χ3n) is 2.86. The third kappa shape index (κ3) is 2.37. The van der Waals surface area contributed by atoms with Crippen LogP contribution in [0.15, 0.2) is 23.8 Å². The van der Waals surface area contributed by atoms with Crippen LogP contribution in [0.4, 0.5) is 0 Å². The minimum absolute atomic E-state index is 0.144. The van der Waals surface area contributed by atoms with Gasteiger partial charge in [0, 0.05) is 0 Å². The number of allylic oxidation sites excluding steroid dienone is 4. The lowest BCUT2D eigenvalue weighted by molar-refractivity contribution is 0.476. The van der Waals surface area contributed by atoms with Gasteiger partial charge in [-0.15, -0.1) is 11.6 Å². The van der Waals surface area contributed by atoms with E-state index in [4.69, 9.17) is 11.6 Å². The van der Waals surface area contributed by atoms with E-state index in [0.29, 0.717) is 11.8 Å². The van der Waals surface area contributed by atoms with E-state index >= 15 is 0 Å². The van der Waals surface area contributed by atoms with Crippen LogP contribution in [0.5, 0.6) is 0 Å². The minimum atomic E-state index is -0.144. The Kier molecular flexibility index (Phi) is 3.23. The molecule has 0 aliphatic heterocycles. The Morgan fingerprint density at radius 2 is 1.92 bits per heavy atom. The first-order valence-electron chi connectivity index (χ1n) is 5.03. The molecular formula is C12H19Cl. The van der Waals surface area contributed by atoms with Gasteiger partial charge in [0.25, 0.3) is 0 Å². The summed E-state index contributed by atoms with van der Waals surface area (Å²) in [4.78, 5) is -0.144. The molecule has 0 aromatic rings. The first-order chi connectivity index (χ1) is 5.96. The Bertz CT molecular complexity index is 236. The first-order valence-corrected chi connectivity index (χ1v) is 5.40. The second kappa shape index (κ2) is 3.88. The Hall–Kier alpha value is -0.230. The largest absolute Gasteiger partial charge is 0.114 e. The normalized spacial score (nSPS) is 28.4. The number of hydrogen-bond donors (Lipinski definition) is 0. The van der Waals surface area contributed by atoms with Crippen molar-refractivity contribution in [3.63, 3.8) is 0 Å². The summed E-state index contributed by atoms with van der Waals surface area (Å²) in [5, 5.41) is 0. The predicted octanol–water partition coefficient (Wildman–Crippen LogP) is 4.16. The fourth-order valence-electron chi connectivity index (χ4n) is 1.56. The molecule has 1 heteroatoms. The molecule has 0 heterocycles. The summed E-state index contributed by atoms with van der Waals surface area (Å²) in [6, 6.07) is 0. The van der Waals surface area contributed by atoms with Gasteiger partial charge in [-0.3, -0.25) is 0 Å². The highest BCUT2D eigenvalue weighted by atomic mass is 35.5. The maximum atomic E-state index is 6.52. The summed E-state index contributed by atoms with van der Waals surface area (Å²) in [6.45, 7) is 8.81. The van der Waals surface area contributed by atoms with Crippen molar-refractivity contribution >= 4 is 11.6 Å². The fourth-order valence-corrected chi connectivity index (χ4v) is 1.78. The number of alkyl halides is 1. The molecule has 0 nitrogen and oxygen atoms in total. The number of rotatable bonds is 2. The van der Waals surface area contributed by atoms with Gasteiger partial charge in [-0.2, -0.15) is 0 Å². The standard InChI is InChI=1S/C12H19Cl/c1-9(2)11-6-5-7-12(13,8-11)10(3)4/h5-7,9-10H,8H2,1-4H3. The van der Waals surface area contributed by atoms with E-state index < -0.39 is 0 Å². The molecule has 0 aromatic heterocycles. The van der Waals surface area contributed by atoms with E-state index in [2.05, 4.69) is 45.9 Å². The van der Waals surface area contributed by atoms with Gasteiger partial charge in [0.2, 0.25) is 0 Å². The van der Waals surface area contributed by atoms with Gasteiger partial charge in [-0.1, -0.05) is 51.5 Å². The van der Waals surface area contributed by atoms with Crippen molar-refractivity contribution in [2.24, 2.45) is 11.8 Å². The van der Waals surface area contributed by atoms with Crippen molar-refractivity contribution in [2.75, 3.05) is 0 Å². The molecule has 74 valence electrons. The quantitative estimate of drug-likeness (QED) is 0.585. The summed E-state index contributed by atoms with van der Waals surface area (Å²) in [7, 11) is 0. The van der Waals surface area contributed by atoms with E-state index in [1.54, 1.807) is 0 Å². The molecule has 1 atom stereocenters. The van der Waals surface area contributed by atoms with Crippen molar-refractivity contribution in [1.82, 2.24) is 0 Å². The van der Waals surface area contributed by atoms with Crippen LogP contribution in [0.1, 0.15) is 34.1 Å². The lowest BCUT2D eigenvalue weighted by Gasteiger charge is -2.32. The van der Waals surface area contributed by atoms with Crippen molar-refractivity contribution < 1.29 is 0 Å². The van der Waals surface area contributed by atoms with E-state index in [9.17, 15) is 0 Å². The average Bonchev–Trinajstić information content (AvgIpc) is 2.04. The maximum Gasteiger partial charge on any atom is 0.0689 e. The van der Waals surface area contributed by atoms with Crippen LogP contribution in [0.25, 0.3) is 0 Å². The van der Waals surface area contributed by atoms with Crippen molar-refractivity contribution in [1.29, 1.82) is 0 Å². The zero-order valence-corrected chi connectivity index (χ0v) is 9.73. The van der Waals surface area contributed by atoms with Crippen LogP contribution >= 0.6 is 11.6 Å². The summed E-state index contributed by atoms with van der Waals surface area (Å²) < 4.78 is 0. The first kappa shape index (κ1) is 10.8. The summed E-state index contributed by atoms with van der Waals surface area (Å²) in [5.74, 6) is 1.11. The van der Waals surface area contributed by atoms with Gasteiger partial charge in [0.1, 0.15) is 0 Å². The zero-order valence-electron chi connectivity index (χ0n) is 8.97. The second-order valence-corrected chi connectivity index (χ2v) is 5.22. The Labute approximate surface area is 86.7 Å². The molecule has 1 aliphatic carbocycles. The van der Waals surface area contributed by atoms with E-state index in [-0.39, 0.29) is 4.87 Å². The van der Waals surface area contributed by atoms with E-state index in [0.717, 1.165) is 6.42 Å². The highest BCUT2D eigenvalue weighted by molar-refractivity contribution is 6.25. The molecule has 0 saturated carbocycles. The average molecular weight is 199 g/mol. The van der Waals surface area contributed by atoms with Crippen LogP contribution in [-0.2, 0) is 0 Å². The summed E-state index contributed by atoms with van der Waals surface area (Å²) in [6.07, 6.45) is 7.44. The van der Waals surface area contributed by atoms with Crippen LogP contribution in [0.2, 0.25) is 0 Å². The molecule has 1 unspecified atom stereocenters. The predicted molar refractivity (Wildman–Crippen MR) is 60.1 cm³/mol. The molecular weight excluding hydrogens is 180 g/mol. The van der Waals surface area contributed by atoms with Crippen molar-refractivity contribution in [2.45, 2.75) is 39.0 Å². The van der Waals surface area contributed by atoms with Gasteiger partial charge in [0.15, 0.2) is 0 Å². The van der Waals surface area contributed by atoms with E-state index in [1.165, 1.54) is 5.57 Å². The highest BCUT2D eigenvalue weighted by Gasteiger charge is 2.31. The second-order valence-electron chi connectivity index (χ2n) is 4.51. The number of halogens is 1. The van der Waals surface area contributed by atoms with Gasteiger partial charge in [-0.25, -0.2) is 0 Å². The highest BCUT2D eigenvalue weighted by Crippen LogP contribution is 2.38. The molecule has 0 spiro atoms. The molecule has 0 amide bonds. The zero-order chi connectivity index (χ0) is 10.1. The lowest BCUT2D eigenvalue weighted by Crippen LogP contribution is -2.28. The summed E-state index contributed by atoms with van der Waals surface area (Å²) >= 11 is 6.52. The smallest absolute Gasteiger partial charge is 0.0689 e. The molecule has 0 aromatic carbocycles. The van der Waals surface area contributed by atoms with Gasteiger partial charge in [0.05, 0.1) is 4.87 Å². The fraction of sp³-hybridized carbons (Fsp3) is 0.667. The summed E-state index contributed by atoms with van der Waals surface area (Å²) in [5.41, 5.74) is 1.46. The molecule has 0 N–H and O–H groups in total.